The molecule has 24 heavy (non-hydrogen) atoms. The fourth-order valence-electron chi connectivity index (χ4n) is 1.95. The van der Waals surface area contributed by atoms with E-state index in [0.29, 0.717) is 12.4 Å². The molecule has 2 rings (SSSR count). The summed E-state index contributed by atoms with van der Waals surface area (Å²) in [5, 5.41) is 7.89. The molecule has 0 spiro atoms. The van der Waals surface area contributed by atoms with Gasteiger partial charge in [-0.2, -0.15) is 5.10 Å². The maximum absolute atomic E-state index is 12.3. The summed E-state index contributed by atoms with van der Waals surface area (Å²) >= 11 is 0. The largest absolute Gasteiger partial charge is 0.490 e. The maximum Gasteiger partial charge on any atom is 0.275 e. The minimum absolute atomic E-state index is 0.0790. The van der Waals surface area contributed by atoms with Crippen LogP contribution >= 0.6 is 0 Å². The number of benzene rings is 1. The van der Waals surface area contributed by atoms with E-state index in [2.05, 4.69) is 10.4 Å². The molecular formula is C16H19N3O4S. The molecule has 0 aliphatic heterocycles. The molecule has 0 bridgehead atoms. The number of hydrogen-bond donors (Lipinski definition) is 1. The standard InChI is InChI=1S/C16H19N3O4S/c1-3-23-14-12-19(13-8-5-4-6-9-13)18-15(14)16(20)17-10-7-11-24(2,21)22/h4-9,11-12H,3,10H2,1-2H3,(H,17,20)/b11-7+. The zero-order valence-corrected chi connectivity index (χ0v) is 14.3. The Bertz CT molecular complexity index is 826. The van der Waals surface area contributed by atoms with Crippen LogP contribution in [0.1, 0.15) is 17.4 Å². The second kappa shape index (κ2) is 7.78. The first-order valence-corrected chi connectivity index (χ1v) is 9.29. The molecule has 128 valence electrons. The number of amides is 1. The first-order chi connectivity index (χ1) is 11.4. The number of hydrogen-bond acceptors (Lipinski definition) is 5. The minimum atomic E-state index is -3.21. The van der Waals surface area contributed by atoms with Gasteiger partial charge in [0, 0.05) is 18.2 Å². The Hall–Kier alpha value is -2.61. The molecule has 0 fully saturated rings. The third kappa shape index (κ3) is 4.95. The van der Waals surface area contributed by atoms with Gasteiger partial charge in [-0.1, -0.05) is 24.3 Å². The molecule has 0 aliphatic carbocycles. The molecule has 0 unspecified atom stereocenters. The Kier molecular flexibility index (Phi) is 5.75. The van der Waals surface area contributed by atoms with Crippen LogP contribution in [0.3, 0.4) is 0 Å². The van der Waals surface area contributed by atoms with Gasteiger partial charge in [0.05, 0.1) is 18.5 Å². The number of nitrogens with one attached hydrogen (secondary N) is 1. The van der Waals surface area contributed by atoms with Crippen molar-refractivity contribution in [3.05, 3.63) is 53.7 Å². The summed E-state index contributed by atoms with van der Waals surface area (Å²) in [6.45, 7) is 2.29. The lowest BCUT2D eigenvalue weighted by Crippen LogP contribution is -2.24. The Morgan fingerprint density at radius 2 is 2.04 bits per heavy atom. The van der Waals surface area contributed by atoms with Gasteiger partial charge in [-0.25, -0.2) is 13.1 Å². The number of rotatable bonds is 7. The van der Waals surface area contributed by atoms with E-state index in [1.54, 1.807) is 10.9 Å². The van der Waals surface area contributed by atoms with Crippen molar-refractivity contribution in [2.24, 2.45) is 0 Å². The summed E-state index contributed by atoms with van der Waals surface area (Å²) in [5.41, 5.74) is 0.947. The molecule has 1 aromatic carbocycles. The van der Waals surface area contributed by atoms with Crippen molar-refractivity contribution >= 4 is 15.7 Å². The zero-order valence-electron chi connectivity index (χ0n) is 13.5. The van der Waals surface area contributed by atoms with Crippen molar-refractivity contribution in [3.63, 3.8) is 0 Å². The van der Waals surface area contributed by atoms with Gasteiger partial charge in [0.15, 0.2) is 21.3 Å². The predicted octanol–water partition coefficient (Wildman–Crippen LogP) is 1.56. The molecule has 8 heteroatoms. The van der Waals surface area contributed by atoms with Crippen LogP contribution in [0.5, 0.6) is 5.75 Å². The first kappa shape index (κ1) is 17.7. The smallest absolute Gasteiger partial charge is 0.275 e. The summed E-state index contributed by atoms with van der Waals surface area (Å²) in [4.78, 5) is 12.3. The molecule has 1 N–H and O–H groups in total. The molecule has 1 amide bonds. The van der Waals surface area contributed by atoms with Gasteiger partial charge in [0.1, 0.15) is 0 Å². The van der Waals surface area contributed by atoms with Crippen molar-refractivity contribution in [2.45, 2.75) is 6.92 Å². The summed E-state index contributed by atoms with van der Waals surface area (Å²) < 4.78 is 29.0. The third-order valence-electron chi connectivity index (χ3n) is 2.94. The van der Waals surface area contributed by atoms with Crippen LogP contribution in [0.25, 0.3) is 5.69 Å². The van der Waals surface area contributed by atoms with Crippen LogP contribution in [-0.4, -0.2) is 43.5 Å². The third-order valence-corrected chi connectivity index (χ3v) is 3.63. The number of aromatic nitrogens is 2. The normalized spacial score (nSPS) is 11.6. The van der Waals surface area contributed by atoms with E-state index in [4.69, 9.17) is 4.74 Å². The number of para-hydroxylation sites is 1. The van der Waals surface area contributed by atoms with Gasteiger partial charge in [-0.3, -0.25) is 4.79 Å². The highest BCUT2D eigenvalue weighted by Gasteiger charge is 2.18. The Labute approximate surface area is 140 Å². The number of carbonyl (C=O) groups excluding carboxylic acids is 1. The van der Waals surface area contributed by atoms with Crippen LogP contribution in [0.15, 0.2) is 48.0 Å². The summed E-state index contributed by atoms with van der Waals surface area (Å²) in [5.74, 6) is -0.0720. The van der Waals surface area contributed by atoms with E-state index < -0.39 is 15.7 Å². The van der Waals surface area contributed by atoms with Gasteiger partial charge >= 0.3 is 0 Å². The Morgan fingerprint density at radius 3 is 2.67 bits per heavy atom. The summed E-state index contributed by atoms with van der Waals surface area (Å²) in [7, 11) is -3.21. The van der Waals surface area contributed by atoms with E-state index in [-0.39, 0.29) is 12.2 Å². The fraction of sp³-hybridized carbons (Fsp3) is 0.250. The van der Waals surface area contributed by atoms with E-state index in [9.17, 15) is 13.2 Å². The average Bonchev–Trinajstić information content (AvgIpc) is 2.96. The van der Waals surface area contributed by atoms with Gasteiger partial charge in [-0.05, 0) is 19.1 Å². The lowest BCUT2D eigenvalue weighted by Gasteiger charge is -2.03. The van der Waals surface area contributed by atoms with Crippen molar-refractivity contribution in [1.82, 2.24) is 15.1 Å². The second-order valence-corrected chi connectivity index (χ2v) is 6.90. The van der Waals surface area contributed by atoms with Crippen LogP contribution < -0.4 is 10.1 Å². The van der Waals surface area contributed by atoms with Crippen LogP contribution in [0, 0.1) is 0 Å². The fourth-order valence-corrected chi connectivity index (χ4v) is 2.39. The zero-order chi connectivity index (χ0) is 17.6. The van der Waals surface area contributed by atoms with Gasteiger partial charge in [-0.15, -0.1) is 0 Å². The van der Waals surface area contributed by atoms with Gasteiger partial charge < -0.3 is 10.1 Å². The highest BCUT2D eigenvalue weighted by Crippen LogP contribution is 2.19. The molecule has 0 saturated carbocycles. The molecule has 7 nitrogen and oxygen atoms in total. The SMILES string of the molecule is CCOc1cn(-c2ccccc2)nc1C(=O)NC/C=C/S(C)(=O)=O. The van der Waals surface area contributed by atoms with E-state index in [1.807, 2.05) is 37.3 Å². The van der Waals surface area contributed by atoms with Crippen molar-refractivity contribution in [1.29, 1.82) is 0 Å². The van der Waals surface area contributed by atoms with Crippen molar-refractivity contribution in [2.75, 3.05) is 19.4 Å². The van der Waals surface area contributed by atoms with Crippen LogP contribution in [0.4, 0.5) is 0 Å². The molecule has 1 heterocycles. The van der Waals surface area contributed by atoms with Gasteiger partial charge in [0.2, 0.25) is 0 Å². The van der Waals surface area contributed by atoms with Gasteiger partial charge in [0.25, 0.3) is 5.91 Å². The van der Waals surface area contributed by atoms with E-state index >= 15 is 0 Å². The monoisotopic (exact) mass is 349 g/mol. The quantitative estimate of drug-likeness (QED) is 0.819. The molecule has 1 aromatic heterocycles. The number of carbonyl (C=O) groups is 1. The highest BCUT2D eigenvalue weighted by atomic mass is 32.2. The first-order valence-electron chi connectivity index (χ1n) is 7.33. The second-order valence-electron chi connectivity index (χ2n) is 4.97. The number of nitrogens with zero attached hydrogens (tertiary/aromatic N) is 2. The molecule has 0 radical (unpaired) electrons. The lowest BCUT2D eigenvalue weighted by molar-refractivity contribution is 0.0949. The van der Waals surface area contributed by atoms with E-state index in [1.165, 1.54) is 6.08 Å². The summed E-state index contributed by atoms with van der Waals surface area (Å²) in [6, 6.07) is 9.34. The highest BCUT2D eigenvalue weighted by molar-refractivity contribution is 7.93. The topological polar surface area (TPSA) is 90.3 Å². The van der Waals surface area contributed by atoms with Crippen molar-refractivity contribution < 1.29 is 17.9 Å². The van der Waals surface area contributed by atoms with E-state index in [0.717, 1.165) is 17.4 Å². The minimum Gasteiger partial charge on any atom is -0.490 e. The van der Waals surface area contributed by atoms with Crippen LogP contribution in [0.2, 0.25) is 0 Å². The van der Waals surface area contributed by atoms with Crippen molar-refractivity contribution in [3.8, 4) is 11.4 Å². The maximum atomic E-state index is 12.3. The molecule has 2 aromatic rings. The molecule has 0 saturated heterocycles. The molecule has 0 aliphatic rings. The average molecular weight is 349 g/mol. The Balaban J connectivity index is 2.17. The predicted molar refractivity (Wildman–Crippen MR) is 91.1 cm³/mol. The Morgan fingerprint density at radius 1 is 1.33 bits per heavy atom. The molecule has 0 atom stereocenters. The number of sulfone groups is 1. The number of ether oxygens (including phenoxy) is 1. The lowest BCUT2D eigenvalue weighted by atomic mass is 10.3. The summed E-state index contributed by atoms with van der Waals surface area (Å²) in [6.07, 6.45) is 4.09. The van der Waals surface area contributed by atoms with Crippen LogP contribution in [-0.2, 0) is 9.84 Å². The molecular weight excluding hydrogens is 330 g/mol.